The number of amides is 1. The molecule has 0 spiro atoms. The van der Waals surface area contributed by atoms with Crippen molar-refractivity contribution < 1.29 is 14.3 Å². The standard InChI is InChI=1S/C18H21N3O3S/c1-18(2,3)21-17-12(9-19-21)16(25-10-15(22)20-17)11-4-5-13-14(8-11)24-7-6-23-13/h4-5,8-9,16H,6-7,10H2,1-3H3,(H,20,22)/t16-/m0/s1. The van der Waals surface area contributed by atoms with Crippen molar-refractivity contribution in [2.75, 3.05) is 24.3 Å². The van der Waals surface area contributed by atoms with Gasteiger partial charge < -0.3 is 14.8 Å². The first-order valence-corrected chi connectivity index (χ1v) is 9.38. The molecule has 1 aromatic heterocycles. The van der Waals surface area contributed by atoms with Gasteiger partial charge in [-0.15, -0.1) is 11.8 Å². The highest BCUT2D eigenvalue weighted by Crippen LogP contribution is 2.44. The minimum Gasteiger partial charge on any atom is -0.486 e. The second kappa shape index (κ2) is 5.98. The summed E-state index contributed by atoms with van der Waals surface area (Å²) in [5.41, 5.74) is 1.88. The summed E-state index contributed by atoms with van der Waals surface area (Å²) in [5, 5.41) is 7.58. The number of aromatic nitrogens is 2. The number of carbonyl (C=O) groups is 1. The minimum atomic E-state index is -0.215. The zero-order valence-corrected chi connectivity index (χ0v) is 15.4. The maximum Gasteiger partial charge on any atom is 0.235 e. The van der Waals surface area contributed by atoms with Crippen LogP contribution in [-0.2, 0) is 10.3 Å². The largest absolute Gasteiger partial charge is 0.486 e. The predicted octanol–water partition coefficient (Wildman–Crippen LogP) is 3.18. The minimum absolute atomic E-state index is 0.00251. The quantitative estimate of drug-likeness (QED) is 0.847. The third-order valence-corrected chi connectivity index (χ3v) is 5.51. The van der Waals surface area contributed by atoms with Crippen LogP contribution in [0.2, 0.25) is 0 Å². The molecule has 2 aliphatic rings. The van der Waals surface area contributed by atoms with E-state index in [-0.39, 0.29) is 16.7 Å². The van der Waals surface area contributed by atoms with E-state index in [4.69, 9.17) is 9.47 Å². The van der Waals surface area contributed by atoms with Crippen LogP contribution in [0.1, 0.15) is 37.1 Å². The predicted molar refractivity (Wildman–Crippen MR) is 97.6 cm³/mol. The molecule has 2 aliphatic heterocycles. The molecule has 1 aromatic carbocycles. The number of fused-ring (bicyclic) bond motifs is 2. The Labute approximate surface area is 150 Å². The highest BCUT2D eigenvalue weighted by atomic mass is 32.2. The molecule has 1 atom stereocenters. The topological polar surface area (TPSA) is 65.4 Å². The van der Waals surface area contributed by atoms with Gasteiger partial charge in [0, 0.05) is 5.56 Å². The van der Waals surface area contributed by atoms with Crippen LogP contribution in [0.25, 0.3) is 0 Å². The highest BCUT2D eigenvalue weighted by Gasteiger charge is 2.31. The van der Waals surface area contributed by atoms with Crippen molar-refractivity contribution in [3.8, 4) is 11.5 Å². The number of hydrogen-bond acceptors (Lipinski definition) is 5. The summed E-state index contributed by atoms with van der Waals surface area (Å²) in [6, 6.07) is 6.00. The summed E-state index contributed by atoms with van der Waals surface area (Å²) in [5.74, 6) is 2.71. The summed E-state index contributed by atoms with van der Waals surface area (Å²) >= 11 is 1.60. The van der Waals surface area contributed by atoms with Gasteiger partial charge in [0.1, 0.15) is 19.0 Å². The van der Waals surface area contributed by atoms with E-state index < -0.39 is 0 Å². The maximum atomic E-state index is 12.2. The molecule has 2 aromatic rings. The lowest BCUT2D eigenvalue weighted by Gasteiger charge is -2.23. The normalized spacial score (nSPS) is 19.8. The number of hydrogen-bond donors (Lipinski definition) is 1. The lowest BCUT2D eigenvalue weighted by molar-refractivity contribution is -0.113. The number of nitrogens with zero attached hydrogens (tertiary/aromatic N) is 2. The molecule has 6 nitrogen and oxygen atoms in total. The summed E-state index contributed by atoms with van der Waals surface area (Å²) in [4.78, 5) is 12.2. The molecule has 0 saturated heterocycles. The second-order valence-corrected chi connectivity index (χ2v) is 8.27. The Kier molecular flexibility index (Phi) is 3.91. The van der Waals surface area contributed by atoms with Crippen LogP contribution >= 0.6 is 11.8 Å². The Morgan fingerprint density at radius 1 is 1.24 bits per heavy atom. The van der Waals surface area contributed by atoms with Gasteiger partial charge >= 0.3 is 0 Å². The van der Waals surface area contributed by atoms with E-state index in [9.17, 15) is 4.79 Å². The molecule has 4 rings (SSSR count). The van der Waals surface area contributed by atoms with Gasteiger partial charge in [0.2, 0.25) is 5.91 Å². The average Bonchev–Trinajstić information content (AvgIpc) is 2.91. The van der Waals surface area contributed by atoms with Crippen molar-refractivity contribution in [3.05, 3.63) is 35.5 Å². The monoisotopic (exact) mass is 359 g/mol. The van der Waals surface area contributed by atoms with Gasteiger partial charge in [0.25, 0.3) is 0 Å². The zero-order chi connectivity index (χ0) is 17.6. The first kappa shape index (κ1) is 16.3. The molecule has 0 saturated carbocycles. The number of benzene rings is 1. The summed E-state index contributed by atoms with van der Waals surface area (Å²) in [7, 11) is 0. The molecule has 0 fully saturated rings. The summed E-state index contributed by atoms with van der Waals surface area (Å²) in [6.07, 6.45) is 1.86. The molecule has 1 N–H and O–H groups in total. The van der Waals surface area contributed by atoms with E-state index in [2.05, 4.69) is 31.2 Å². The summed E-state index contributed by atoms with van der Waals surface area (Å²) in [6.45, 7) is 7.35. The van der Waals surface area contributed by atoms with Gasteiger partial charge in [-0.2, -0.15) is 5.10 Å². The van der Waals surface area contributed by atoms with Crippen molar-refractivity contribution in [1.82, 2.24) is 9.78 Å². The number of anilines is 1. The molecular formula is C18H21N3O3S. The van der Waals surface area contributed by atoms with Crippen molar-refractivity contribution in [3.63, 3.8) is 0 Å². The Morgan fingerprint density at radius 2 is 2.00 bits per heavy atom. The fourth-order valence-electron chi connectivity index (χ4n) is 3.10. The maximum absolute atomic E-state index is 12.2. The lowest BCUT2D eigenvalue weighted by atomic mass is 10.0. The molecule has 0 unspecified atom stereocenters. The van der Waals surface area contributed by atoms with E-state index in [0.717, 1.165) is 28.4 Å². The summed E-state index contributed by atoms with van der Waals surface area (Å²) < 4.78 is 13.2. The van der Waals surface area contributed by atoms with Crippen molar-refractivity contribution in [1.29, 1.82) is 0 Å². The van der Waals surface area contributed by atoms with Gasteiger partial charge in [0.15, 0.2) is 11.5 Å². The third kappa shape index (κ3) is 2.97. The van der Waals surface area contributed by atoms with E-state index in [0.29, 0.717) is 19.0 Å². The molecule has 1 amide bonds. The van der Waals surface area contributed by atoms with Crippen LogP contribution in [0.4, 0.5) is 5.82 Å². The Hall–Kier alpha value is -2.15. The highest BCUT2D eigenvalue weighted by molar-refractivity contribution is 8.00. The van der Waals surface area contributed by atoms with E-state index >= 15 is 0 Å². The molecule has 0 radical (unpaired) electrons. The number of carbonyl (C=O) groups excluding carboxylic acids is 1. The van der Waals surface area contributed by atoms with Crippen LogP contribution in [0.3, 0.4) is 0 Å². The number of rotatable bonds is 1. The Bertz CT molecular complexity index is 825. The molecular weight excluding hydrogens is 338 g/mol. The lowest BCUT2D eigenvalue weighted by Crippen LogP contribution is -2.27. The van der Waals surface area contributed by atoms with Gasteiger partial charge in [-0.3, -0.25) is 4.79 Å². The zero-order valence-electron chi connectivity index (χ0n) is 14.5. The average molecular weight is 359 g/mol. The number of nitrogens with one attached hydrogen (secondary N) is 1. The fourth-order valence-corrected chi connectivity index (χ4v) is 4.18. The Morgan fingerprint density at radius 3 is 2.76 bits per heavy atom. The van der Waals surface area contributed by atoms with Crippen LogP contribution < -0.4 is 14.8 Å². The second-order valence-electron chi connectivity index (χ2n) is 7.17. The third-order valence-electron chi connectivity index (χ3n) is 4.22. The molecule has 0 aliphatic carbocycles. The van der Waals surface area contributed by atoms with Gasteiger partial charge in [-0.1, -0.05) is 6.07 Å². The first-order valence-electron chi connectivity index (χ1n) is 8.33. The van der Waals surface area contributed by atoms with Crippen LogP contribution in [0.15, 0.2) is 24.4 Å². The smallest absolute Gasteiger partial charge is 0.235 e. The Balaban J connectivity index is 1.79. The molecule has 7 heteroatoms. The van der Waals surface area contributed by atoms with E-state index in [1.54, 1.807) is 11.8 Å². The van der Waals surface area contributed by atoms with Gasteiger partial charge in [-0.05, 0) is 38.5 Å². The van der Waals surface area contributed by atoms with E-state index in [1.807, 2.05) is 29.1 Å². The molecule has 3 heterocycles. The van der Waals surface area contributed by atoms with Gasteiger partial charge in [0.05, 0.1) is 22.7 Å². The number of ether oxygens (including phenoxy) is 2. The van der Waals surface area contributed by atoms with Crippen LogP contribution in [-0.4, -0.2) is 34.7 Å². The first-order chi connectivity index (χ1) is 11.9. The van der Waals surface area contributed by atoms with E-state index in [1.165, 1.54) is 0 Å². The number of thioether (sulfide) groups is 1. The van der Waals surface area contributed by atoms with Crippen LogP contribution in [0.5, 0.6) is 11.5 Å². The van der Waals surface area contributed by atoms with Crippen molar-refractivity contribution in [2.45, 2.75) is 31.6 Å². The SMILES string of the molecule is CC(C)(C)n1ncc2c1NC(=O)CS[C@H]2c1ccc2c(c1)OCCO2. The molecule has 25 heavy (non-hydrogen) atoms. The fraction of sp³-hybridized carbons (Fsp3) is 0.444. The van der Waals surface area contributed by atoms with Crippen LogP contribution in [0, 0.1) is 0 Å². The molecule has 132 valence electrons. The van der Waals surface area contributed by atoms with Crippen molar-refractivity contribution in [2.24, 2.45) is 0 Å². The molecule has 0 bridgehead atoms. The van der Waals surface area contributed by atoms with Crippen molar-refractivity contribution >= 4 is 23.5 Å². The van der Waals surface area contributed by atoms with Gasteiger partial charge in [-0.25, -0.2) is 4.68 Å².